The summed E-state index contributed by atoms with van der Waals surface area (Å²) < 4.78 is 5.47. The van der Waals surface area contributed by atoms with Crippen LogP contribution in [-0.2, 0) is 6.42 Å². The van der Waals surface area contributed by atoms with E-state index in [9.17, 15) is 0 Å². The minimum absolute atomic E-state index is 0.0751. The second-order valence-corrected chi connectivity index (χ2v) is 5.13. The Morgan fingerprint density at radius 3 is 2.76 bits per heavy atom. The molecule has 1 atom stereocenters. The number of nitrogens with one attached hydrogen (secondary N) is 2. The fraction of sp³-hybridized carbons (Fsp3) is 0.533. The van der Waals surface area contributed by atoms with E-state index in [0.29, 0.717) is 0 Å². The fourth-order valence-electron chi connectivity index (χ4n) is 2.44. The van der Waals surface area contributed by atoms with Crippen LogP contribution >= 0.6 is 0 Å². The molecule has 21 heavy (non-hydrogen) atoms. The van der Waals surface area contributed by atoms with Crippen molar-refractivity contribution in [1.29, 1.82) is 0 Å². The normalized spacial score (nSPS) is 12.4. The van der Waals surface area contributed by atoms with Crippen molar-refractivity contribution < 1.29 is 4.74 Å². The first-order chi connectivity index (χ1) is 10.2. The number of pyridine rings is 1. The van der Waals surface area contributed by atoms with Crippen LogP contribution in [0.1, 0.15) is 42.0 Å². The molecule has 0 saturated heterocycles. The van der Waals surface area contributed by atoms with Gasteiger partial charge in [0.05, 0.1) is 13.2 Å². The lowest BCUT2D eigenvalue weighted by molar-refractivity contribution is 0.405. The first-order valence-electron chi connectivity index (χ1n) is 7.25. The lowest BCUT2D eigenvalue weighted by Gasteiger charge is -2.18. The zero-order chi connectivity index (χ0) is 15.2. The maximum atomic E-state index is 5.47. The van der Waals surface area contributed by atoms with Gasteiger partial charge in [0.2, 0.25) is 0 Å². The van der Waals surface area contributed by atoms with Gasteiger partial charge in [0, 0.05) is 29.4 Å². The number of nitrogens with zero attached hydrogens (tertiary/aromatic N) is 3. The Hall–Kier alpha value is -1.95. The van der Waals surface area contributed by atoms with Crippen molar-refractivity contribution in [1.82, 2.24) is 25.5 Å². The molecular formula is C15H23N5O. The van der Waals surface area contributed by atoms with Gasteiger partial charge in [-0.05, 0) is 26.8 Å². The van der Waals surface area contributed by atoms with Gasteiger partial charge in [-0.3, -0.25) is 10.1 Å². The van der Waals surface area contributed by atoms with Crippen LogP contribution in [0.5, 0.6) is 5.75 Å². The van der Waals surface area contributed by atoms with E-state index in [-0.39, 0.29) is 6.04 Å². The van der Waals surface area contributed by atoms with Crippen LogP contribution in [0.2, 0.25) is 0 Å². The van der Waals surface area contributed by atoms with Crippen molar-refractivity contribution in [3.8, 4) is 5.75 Å². The van der Waals surface area contributed by atoms with Crippen molar-refractivity contribution in [3.63, 3.8) is 0 Å². The highest BCUT2D eigenvalue weighted by molar-refractivity contribution is 5.41. The van der Waals surface area contributed by atoms with E-state index in [4.69, 9.17) is 4.74 Å². The Balaban J connectivity index is 2.24. The van der Waals surface area contributed by atoms with Crippen LogP contribution in [0.25, 0.3) is 0 Å². The van der Waals surface area contributed by atoms with E-state index >= 15 is 0 Å². The molecule has 6 heteroatoms. The second kappa shape index (κ2) is 7.17. The average Bonchev–Trinajstić information content (AvgIpc) is 3.00. The van der Waals surface area contributed by atoms with Gasteiger partial charge in [0.1, 0.15) is 17.9 Å². The number of aromatic nitrogens is 4. The van der Waals surface area contributed by atoms with E-state index in [1.54, 1.807) is 7.11 Å². The molecule has 114 valence electrons. The minimum atomic E-state index is 0.0751. The number of methoxy groups -OCH3 is 1. The summed E-state index contributed by atoms with van der Waals surface area (Å²) in [5.41, 5.74) is 3.15. The highest BCUT2D eigenvalue weighted by Crippen LogP contribution is 2.26. The zero-order valence-corrected chi connectivity index (χ0v) is 13.1. The maximum absolute atomic E-state index is 5.47. The molecule has 0 fully saturated rings. The molecule has 0 aliphatic heterocycles. The molecule has 0 aliphatic rings. The summed E-state index contributed by atoms with van der Waals surface area (Å²) in [7, 11) is 1.70. The lowest BCUT2D eigenvalue weighted by Crippen LogP contribution is -2.26. The minimum Gasteiger partial charge on any atom is -0.496 e. The van der Waals surface area contributed by atoms with Gasteiger partial charge >= 0.3 is 0 Å². The van der Waals surface area contributed by atoms with E-state index in [1.807, 2.05) is 20.0 Å². The van der Waals surface area contributed by atoms with Gasteiger partial charge in [-0.2, -0.15) is 5.10 Å². The molecular weight excluding hydrogens is 266 g/mol. The number of H-pyrrole nitrogens is 1. The van der Waals surface area contributed by atoms with E-state index in [2.05, 4.69) is 32.4 Å². The van der Waals surface area contributed by atoms with Gasteiger partial charge in [0.15, 0.2) is 0 Å². The Labute approximate surface area is 125 Å². The van der Waals surface area contributed by atoms with E-state index in [1.165, 1.54) is 6.33 Å². The molecule has 1 unspecified atom stereocenters. The molecule has 2 aromatic heterocycles. The van der Waals surface area contributed by atoms with Gasteiger partial charge in [-0.25, -0.2) is 4.98 Å². The highest BCUT2D eigenvalue weighted by Gasteiger charge is 2.18. The zero-order valence-electron chi connectivity index (χ0n) is 13.1. The lowest BCUT2D eigenvalue weighted by atomic mass is 10.0. The summed E-state index contributed by atoms with van der Waals surface area (Å²) in [6, 6.07) is 0.0751. The fourth-order valence-corrected chi connectivity index (χ4v) is 2.44. The molecule has 0 amide bonds. The van der Waals surface area contributed by atoms with Crippen LogP contribution in [0, 0.1) is 13.8 Å². The molecule has 0 aromatic carbocycles. The van der Waals surface area contributed by atoms with Crippen molar-refractivity contribution in [2.45, 2.75) is 39.7 Å². The SMILES string of the molecule is CCCNC(Cc1ncc(C)c(OC)c1C)c1ncn[nH]1. The summed E-state index contributed by atoms with van der Waals surface area (Å²) in [5, 5.41) is 10.4. The Bertz CT molecular complexity index is 568. The van der Waals surface area contributed by atoms with Gasteiger partial charge < -0.3 is 10.1 Å². The number of aromatic amines is 1. The summed E-state index contributed by atoms with van der Waals surface area (Å²) >= 11 is 0. The predicted octanol–water partition coefficient (Wildman–Crippen LogP) is 2.11. The van der Waals surface area contributed by atoms with E-state index < -0.39 is 0 Å². The molecule has 2 N–H and O–H groups in total. The average molecular weight is 289 g/mol. The summed E-state index contributed by atoms with van der Waals surface area (Å²) in [5.74, 6) is 1.75. The monoisotopic (exact) mass is 289 g/mol. The second-order valence-electron chi connectivity index (χ2n) is 5.13. The first kappa shape index (κ1) is 15.4. The predicted molar refractivity (Wildman–Crippen MR) is 81.4 cm³/mol. The Morgan fingerprint density at radius 1 is 1.33 bits per heavy atom. The van der Waals surface area contributed by atoms with Gasteiger partial charge in [-0.15, -0.1) is 0 Å². The van der Waals surface area contributed by atoms with Crippen LogP contribution in [0.4, 0.5) is 0 Å². The molecule has 0 radical (unpaired) electrons. The summed E-state index contributed by atoms with van der Waals surface area (Å²) in [4.78, 5) is 8.83. The molecule has 0 saturated carbocycles. The largest absolute Gasteiger partial charge is 0.496 e. The van der Waals surface area contributed by atoms with Crippen molar-refractivity contribution in [3.05, 3.63) is 35.2 Å². The van der Waals surface area contributed by atoms with Crippen LogP contribution in [0.15, 0.2) is 12.5 Å². The molecule has 0 spiro atoms. The van der Waals surface area contributed by atoms with E-state index in [0.717, 1.165) is 47.8 Å². The first-order valence-corrected chi connectivity index (χ1v) is 7.25. The number of hydrogen-bond acceptors (Lipinski definition) is 5. The van der Waals surface area contributed by atoms with Crippen molar-refractivity contribution in [2.75, 3.05) is 13.7 Å². The third-order valence-electron chi connectivity index (χ3n) is 3.55. The molecule has 2 rings (SSSR count). The third-order valence-corrected chi connectivity index (χ3v) is 3.55. The summed E-state index contributed by atoms with van der Waals surface area (Å²) in [6.45, 7) is 7.12. The number of rotatable bonds is 7. The van der Waals surface area contributed by atoms with Crippen molar-refractivity contribution >= 4 is 0 Å². The van der Waals surface area contributed by atoms with Gasteiger partial charge in [0.25, 0.3) is 0 Å². The topological polar surface area (TPSA) is 75.7 Å². The van der Waals surface area contributed by atoms with Crippen LogP contribution in [-0.4, -0.2) is 33.8 Å². The Kier molecular flexibility index (Phi) is 5.27. The molecule has 2 heterocycles. The smallest absolute Gasteiger partial charge is 0.141 e. The van der Waals surface area contributed by atoms with Crippen molar-refractivity contribution in [2.24, 2.45) is 0 Å². The quantitative estimate of drug-likeness (QED) is 0.816. The standard InChI is InChI=1S/C15H23N5O/c1-5-6-16-13(15-18-9-19-20-15)7-12-11(3)14(21-4)10(2)8-17-12/h8-9,13,16H,5-7H2,1-4H3,(H,18,19,20). The third kappa shape index (κ3) is 3.58. The van der Waals surface area contributed by atoms with Gasteiger partial charge in [-0.1, -0.05) is 6.92 Å². The Morgan fingerprint density at radius 2 is 2.14 bits per heavy atom. The molecule has 0 bridgehead atoms. The highest BCUT2D eigenvalue weighted by atomic mass is 16.5. The molecule has 2 aromatic rings. The van der Waals surface area contributed by atoms with Crippen LogP contribution in [0.3, 0.4) is 0 Å². The number of ether oxygens (including phenoxy) is 1. The summed E-state index contributed by atoms with van der Waals surface area (Å²) in [6.07, 6.45) is 5.20. The molecule has 6 nitrogen and oxygen atoms in total. The molecule has 0 aliphatic carbocycles. The number of aryl methyl sites for hydroxylation is 1. The number of hydrogen-bond donors (Lipinski definition) is 2. The maximum Gasteiger partial charge on any atom is 0.141 e. The van der Waals surface area contributed by atoms with Crippen LogP contribution < -0.4 is 10.1 Å².